The Morgan fingerprint density at radius 1 is 1.50 bits per heavy atom. The fourth-order valence-corrected chi connectivity index (χ4v) is 2.95. The molecule has 0 aliphatic heterocycles. The normalized spacial score (nSPS) is 28.7. The summed E-state index contributed by atoms with van der Waals surface area (Å²) < 4.78 is 21.5. The molecule has 2 saturated carbocycles. The van der Waals surface area contributed by atoms with Crippen LogP contribution in [0.1, 0.15) is 38.5 Å². The SMILES string of the molecule is C=CCCCCOP(=O)(O)OC1CC12CC2. The Morgan fingerprint density at radius 3 is 2.81 bits per heavy atom. The van der Waals surface area contributed by atoms with Crippen molar-refractivity contribution in [3.8, 4) is 0 Å². The highest BCUT2D eigenvalue weighted by molar-refractivity contribution is 7.47. The highest BCUT2D eigenvalue weighted by Crippen LogP contribution is 2.70. The molecule has 2 aliphatic carbocycles. The van der Waals surface area contributed by atoms with Crippen LogP contribution < -0.4 is 0 Å². The largest absolute Gasteiger partial charge is 0.472 e. The second-order valence-corrected chi connectivity index (χ2v) is 6.15. The van der Waals surface area contributed by atoms with E-state index in [2.05, 4.69) is 6.58 Å². The van der Waals surface area contributed by atoms with E-state index in [-0.39, 0.29) is 18.1 Å². The molecule has 2 fully saturated rings. The van der Waals surface area contributed by atoms with Crippen LogP contribution >= 0.6 is 7.82 Å². The first-order valence-corrected chi connectivity index (χ1v) is 7.34. The van der Waals surface area contributed by atoms with Crippen LogP contribution in [0, 0.1) is 5.41 Å². The highest BCUT2D eigenvalue weighted by atomic mass is 31.2. The molecule has 1 spiro atoms. The van der Waals surface area contributed by atoms with Crippen LogP contribution in [0.2, 0.25) is 0 Å². The van der Waals surface area contributed by atoms with Gasteiger partial charge in [0, 0.05) is 0 Å². The maximum Gasteiger partial charge on any atom is 0.472 e. The van der Waals surface area contributed by atoms with Gasteiger partial charge < -0.3 is 4.89 Å². The van der Waals surface area contributed by atoms with Crippen molar-refractivity contribution in [3.63, 3.8) is 0 Å². The minimum Gasteiger partial charge on any atom is -0.302 e. The lowest BCUT2D eigenvalue weighted by atomic mass is 10.2. The maximum absolute atomic E-state index is 11.5. The number of unbranched alkanes of at least 4 members (excludes halogenated alkanes) is 2. The summed E-state index contributed by atoms with van der Waals surface area (Å²) in [7, 11) is -3.80. The molecule has 0 saturated heterocycles. The van der Waals surface area contributed by atoms with E-state index >= 15 is 0 Å². The van der Waals surface area contributed by atoms with Crippen molar-refractivity contribution >= 4 is 7.82 Å². The predicted octanol–water partition coefficient (Wildman–Crippen LogP) is 3.03. The molecule has 92 valence electrons. The molecular formula is C11H19O4P. The topological polar surface area (TPSA) is 55.8 Å². The van der Waals surface area contributed by atoms with Crippen molar-refractivity contribution in [2.45, 2.75) is 44.6 Å². The summed E-state index contributed by atoms with van der Waals surface area (Å²) in [4.78, 5) is 9.43. The summed E-state index contributed by atoms with van der Waals surface area (Å²) in [5.41, 5.74) is 0.268. The summed E-state index contributed by atoms with van der Waals surface area (Å²) in [5.74, 6) is 0. The molecule has 1 N–H and O–H groups in total. The second-order valence-electron chi connectivity index (χ2n) is 4.75. The quantitative estimate of drug-likeness (QED) is 0.406. The summed E-state index contributed by atoms with van der Waals surface area (Å²) >= 11 is 0. The summed E-state index contributed by atoms with van der Waals surface area (Å²) in [6, 6.07) is 0. The first-order valence-electron chi connectivity index (χ1n) is 5.85. The van der Waals surface area contributed by atoms with Crippen molar-refractivity contribution in [1.29, 1.82) is 0 Å². The van der Waals surface area contributed by atoms with Crippen LogP contribution in [-0.2, 0) is 13.6 Å². The zero-order valence-corrected chi connectivity index (χ0v) is 10.3. The van der Waals surface area contributed by atoms with Crippen molar-refractivity contribution in [3.05, 3.63) is 12.7 Å². The monoisotopic (exact) mass is 246 g/mol. The number of hydrogen-bond donors (Lipinski definition) is 1. The lowest BCUT2D eigenvalue weighted by Crippen LogP contribution is -2.00. The Morgan fingerprint density at radius 2 is 2.25 bits per heavy atom. The smallest absolute Gasteiger partial charge is 0.302 e. The van der Waals surface area contributed by atoms with Crippen molar-refractivity contribution in [1.82, 2.24) is 0 Å². The first-order chi connectivity index (χ1) is 7.58. The maximum atomic E-state index is 11.5. The van der Waals surface area contributed by atoms with E-state index in [1.807, 2.05) is 6.08 Å². The lowest BCUT2D eigenvalue weighted by Gasteiger charge is -2.11. The predicted molar refractivity (Wildman–Crippen MR) is 61.0 cm³/mol. The molecule has 4 nitrogen and oxygen atoms in total. The van der Waals surface area contributed by atoms with Gasteiger partial charge in [-0.25, -0.2) is 4.57 Å². The number of allylic oxidation sites excluding steroid dienone is 1. The highest BCUT2D eigenvalue weighted by Gasteiger charge is 2.65. The molecule has 5 heteroatoms. The van der Waals surface area contributed by atoms with E-state index in [9.17, 15) is 9.46 Å². The van der Waals surface area contributed by atoms with Gasteiger partial charge in [0.05, 0.1) is 12.7 Å². The Hall–Kier alpha value is -0.150. The molecule has 0 aromatic rings. The van der Waals surface area contributed by atoms with Gasteiger partial charge >= 0.3 is 7.82 Å². The van der Waals surface area contributed by atoms with E-state index in [1.54, 1.807) is 0 Å². The number of rotatable bonds is 8. The standard InChI is InChI=1S/C11H19O4P/c1-2-3-4-5-8-14-16(12,13)15-10-9-11(10)6-7-11/h2,10H,1,3-9H2,(H,12,13). The molecular weight excluding hydrogens is 227 g/mol. The van der Waals surface area contributed by atoms with Gasteiger partial charge in [-0.2, -0.15) is 0 Å². The molecule has 2 rings (SSSR count). The van der Waals surface area contributed by atoms with Crippen molar-refractivity contribution in [2.75, 3.05) is 6.61 Å². The van der Waals surface area contributed by atoms with Gasteiger partial charge in [-0.15, -0.1) is 6.58 Å². The summed E-state index contributed by atoms with van der Waals surface area (Å²) in [6.45, 7) is 3.89. The second kappa shape index (κ2) is 4.61. The molecule has 2 unspecified atom stereocenters. The third kappa shape index (κ3) is 3.17. The Balaban J connectivity index is 1.59. The molecule has 0 aromatic carbocycles. The summed E-state index contributed by atoms with van der Waals surface area (Å²) in [6.07, 6.45) is 7.59. The molecule has 16 heavy (non-hydrogen) atoms. The van der Waals surface area contributed by atoms with E-state index in [0.717, 1.165) is 38.5 Å². The first kappa shape index (κ1) is 12.3. The molecule has 2 aliphatic rings. The number of hydrogen-bond acceptors (Lipinski definition) is 3. The van der Waals surface area contributed by atoms with Gasteiger partial charge in [0.1, 0.15) is 0 Å². The fourth-order valence-electron chi connectivity index (χ4n) is 1.91. The van der Waals surface area contributed by atoms with Crippen LogP contribution in [0.25, 0.3) is 0 Å². The Bertz CT molecular complexity index is 311. The fraction of sp³-hybridized carbons (Fsp3) is 0.818. The van der Waals surface area contributed by atoms with Gasteiger partial charge in [0.2, 0.25) is 0 Å². The average Bonchev–Trinajstić information content (AvgIpc) is 3.09. The van der Waals surface area contributed by atoms with Crippen LogP contribution in [0.4, 0.5) is 0 Å². The third-order valence-electron chi connectivity index (χ3n) is 3.32. The molecule has 0 radical (unpaired) electrons. The Kier molecular flexibility index (Phi) is 3.55. The van der Waals surface area contributed by atoms with Crippen LogP contribution in [0.3, 0.4) is 0 Å². The average molecular weight is 246 g/mol. The molecule has 0 heterocycles. The van der Waals surface area contributed by atoms with Crippen LogP contribution in [-0.4, -0.2) is 17.6 Å². The van der Waals surface area contributed by atoms with E-state index in [4.69, 9.17) is 9.05 Å². The van der Waals surface area contributed by atoms with Gasteiger partial charge in [0.25, 0.3) is 0 Å². The van der Waals surface area contributed by atoms with E-state index in [1.165, 1.54) is 0 Å². The molecule has 0 bridgehead atoms. The molecule has 0 aromatic heterocycles. The summed E-state index contributed by atoms with van der Waals surface area (Å²) in [5, 5.41) is 0. The van der Waals surface area contributed by atoms with Gasteiger partial charge in [-0.3, -0.25) is 9.05 Å². The van der Waals surface area contributed by atoms with Gasteiger partial charge in [-0.1, -0.05) is 6.08 Å². The van der Waals surface area contributed by atoms with E-state index < -0.39 is 7.82 Å². The lowest BCUT2D eigenvalue weighted by molar-refractivity contribution is 0.134. The van der Waals surface area contributed by atoms with E-state index in [0.29, 0.717) is 0 Å². The van der Waals surface area contributed by atoms with Gasteiger partial charge in [0.15, 0.2) is 0 Å². The Labute approximate surface area is 96.3 Å². The molecule has 2 atom stereocenters. The number of phosphoric acid groups is 1. The minimum absolute atomic E-state index is 0.0310. The van der Waals surface area contributed by atoms with Crippen molar-refractivity contribution in [2.24, 2.45) is 5.41 Å². The van der Waals surface area contributed by atoms with Gasteiger partial charge in [-0.05, 0) is 43.9 Å². The zero-order valence-electron chi connectivity index (χ0n) is 9.43. The van der Waals surface area contributed by atoms with Crippen molar-refractivity contribution < 1.29 is 18.5 Å². The van der Waals surface area contributed by atoms with Crippen LogP contribution in [0.15, 0.2) is 12.7 Å². The minimum atomic E-state index is -3.80. The third-order valence-corrected chi connectivity index (χ3v) is 4.35. The molecule has 0 amide bonds. The van der Waals surface area contributed by atoms with Crippen LogP contribution in [0.5, 0.6) is 0 Å². The number of phosphoric ester groups is 1. The zero-order chi connectivity index (χ0) is 11.6.